The van der Waals surface area contributed by atoms with Crippen molar-refractivity contribution >= 4 is 51.6 Å². The lowest BCUT2D eigenvalue weighted by Gasteiger charge is -2.11. The van der Waals surface area contributed by atoms with Gasteiger partial charge in [-0.05, 0) is 42.8 Å². The second-order valence-electron chi connectivity index (χ2n) is 6.08. The predicted molar refractivity (Wildman–Crippen MR) is 123 cm³/mol. The molecule has 1 aliphatic carbocycles. The number of allylic oxidation sites excluding steroid dienone is 3. The fourth-order valence-corrected chi connectivity index (χ4v) is 3.14. The summed E-state index contributed by atoms with van der Waals surface area (Å²) in [6.45, 7) is 1.98. The fourth-order valence-electron chi connectivity index (χ4n) is 2.50. The Bertz CT molecular complexity index is 954. The zero-order chi connectivity index (χ0) is 19.9. The molecular formula is C21H19ClFIN4. The van der Waals surface area contributed by atoms with E-state index in [0.717, 1.165) is 17.7 Å². The van der Waals surface area contributed by atoms with E-state index in [-0.39, 0.29) is 5.02 Å². The van der Waals surface area contributed by atoms with Crippen molar-refractivity contribution in [3.05, 3.63) is 83.1 Å². The lowest BCUT2D eigenvalue weighted by Crippen LogP contribution is -2.14. The third kappa shape index (κ3) is 5.72. The summed E-state index contributed by atoms with van der Waals surface area (Å²) >= 11 is 8.27. The number of halogens is 3. The molecule has 0 saturated carbocycles. The second-order valence-corrected chi connectivity index (χ2v) is 8.09. The Hall–Kier alpha value is -2.06. The fraction of sp³-hybridized carbons (Fsp3) is 0.190. The van der Waals surface area contributed by atoms with Gasteiger partial charge in [0.2, 0.25) is 0 Å². The van der Waals surface area contributed by atoms with Gasteiger partial charge in [-0.3, -0.25) is 4.98 Å². The lowest BCUT2D eigenvalue weighted by atomic mass is 10.1. The molecule has 7 heteroatoms. The van der Waals surface area contributed by atoms with E-state index < -0.39 is 5.82 Å². The molecule has 0 aliphatic heterocycles. The second kappa shape index (κ2) is 9.93. The monoisotopic (exact) mass is 508 g/mol. The summed E-state index contributed by atoms with van der Waals surface area (Å²) in [4.78, 5) is 13.6. The molecule has 1 unspecified atom stereocenters. The van der Waals surface area contributed by atoms with Crippen LogP contribution in [0.2, 0.25) is 5.02 Å². The van der Waals surface area contributed by atoms with Crippen LogP contribution in [0.4, 0.5) is 10.1 Å². The number of hydrogen-bond donors (Lipinski definition) is 1. The Morgan fingerprint density at radius 2 is 2.25 bits per heavy atom. The predicted octanol–water partition coefficient (Wildman–Crippen LogP) is 6.19. The maximum atomic E-state index is 13.4. The third-order valence-electron chi connectivity index (χ3n) is 3.97. The van der Waals surface area contributed by atoms with Crippen LogP contribution in [0.15, 0.2) is 76.6 Å². The molecule has 0 saturated heterocycles. The molecule has 0 radical (unpaired) electrons. The van der Waals surface area contributed by atoms with Crippen molar-refractivity contribution in [1.29, 1.82) is 0 Å². The van der Waals surface area contributed by atoms with Crippen molar-refractivity contribution in [1.82, 2.24) is 4.98 Å². The highest BCUT2D eigenvalue weighted by Gasteiger charge is 2.09. The summed E-state index contributed by atoms with van der Waals surface area (Å²) in [5.41, 5.74) is 2.36. The van der Waals surface area contributed by atoms with Gasteiger partial charge in [0.15, 0.2) is 5.84 Å². The number of pyridine rings is 1. The highest BCUT2D eigenvalue weighted by atomic mass is 127. The number of nitrogens with one attached hydrogen (secondary N) is 1. The maximum Gasteiger partial charge on any atom is 0.163 e. The zero-order valence-corrected chi connectivity index (χ0v) is 18.2. The number of rotatable bonds is 4. The minimum Gasteiger partial charge on any atom is -0.344 e. The Balaban J connectivity index is 1.94. The van der Waals surface area contributed by atoms with Crippen LogP contribution in [0.5, 0.6) is 0 Å². The molecule has 1 atom stereocenters. The summed E-state index contributed by atoms with van der Waals surface area (Å²) in [5.74, 6) is 0.801. The summed E-state index contributed by atoms with van der Waals surface area (Å²) in [6, 6.07) is 8.26. The number of hydrogen-bond acceptors (Lipinski definition) is 2. The number of alkyl halides is 1. The first-order valence-electron chi connectivity index (χ1n) is 8.86. The Morgan fingerprint density at radius 3 is 2.89 bits per heavy atom. The van der Waals surface area contributed by atoms with Crippen molar-refractivity contribution in [2.75, 3.05) is 5.32 Å². The largest absolute Gasteiger partial charge is 0.344 e. The van der Waals surface area contributed by atoms with Crippen LogP contribution in [0.3, 0.4) is 0 Å². The molecular weight excluding hydrogens is 490 g/mol. The number of nitrogens with zero attached hydrogens (tertiary/aromatic N) is 3. The van der Waals surface area contributed by atoms with E-state index in [1.54, 1.807) is 18.5 Å². The van der Waals surface area contributed by atoms with Gasteiger partial charge in [0.05, 0.1) is 10.7 Å². The summed E-state index contributed by atoms with van der Waals surface area (Å²) in [6.07, 6.45) is 11.3. The first-order valence-corrected chi connectivity index (χ1v) is 10.5. The maximum absolute atomic E-state index is 13.4. The van der Waals surface area contributed by atoms with Crippen LogP contribution >= 0.6 is 34.2 Å². The van der Waals surface area contributed by atoms with Gasteiger partial charge in [0.25, 0.3) is 0 Å². The number of aliphatic imine (C=N–C) groups is 2. The van der Waals surface area contributed by atoms with Gasteiger partial charge in [-0.15, -0.1) is 0 Å². The molecule has 2 aromatic rings. The minimum absolute atomic E-state index is 0.0625. The third-order valence-corrected chi connectivity index (χ3v) is 5.18. The smallest absolute Gasteiger partial charge is 0.163 e. The average Bonchev–Trinajstić information content (AvgIpc) is 2.71. The quantitative estimate of drug-likeness (QED) is 0.232. The molecule has 1 N–H and O–H groups in total. The molecule has 0 spiro atoms. The highest BCUT2D eigenvalue weighted by molar-refractivity contribution is 14.1. The number of anilines is 1. The summed E-state index contributed by atoms with van der Waals surface area (Å²) in [5, 5.41) is 3.26. The van der Waals surface area contributed by atoms with Crippen LogP contribution in [0.1, 0.15) is 25.3 Å². The van der Waals surface area contributed by atoms with Crippen molar-refractivity contribution in [2.45, 2.75) is 23.7 Å². The summed E-state index contributed by atoms with van der Waals surface area (Å²) < 4.78 is 13.9. The molecule has 144 valence electrons. The molecule has 0 fully saturated rings. The average molecular weight is 509 g/mol. The van der Waals surface area contributed by atoms with Crippen LogP contribution in [0.25, 0.3) is 0 Å². The molecule has 0 bridgehead atoms. The molecule has 1 aromatic carbocycles. The minimum atomic E-state index is -0.454. The van der Waals surface area contributed by atoms with Crippen molar-refractivity contribution < 1.29 is 4.39 Å². The van der Waals surface area contributed by atoms with E-state index >= 15 is 0 Å². The molecule has 1 heterocycles. The number of aromatic nitrogens is 1. The van der Waals surface area contributed by atoms with E-state index in [1.165, 1.54) is 12.1 Å². The summed E-state index contributed by atoms with van der Waals surface area (Å²) in [7, 11) is 0. The van der Waals surface area contributed by atoms with E-state index in [2.05, 4.69) is 45.0 Å². The van der Waals surface area contributed by atoms with Gasteiger partial charge in [-0.2, -0.15) is 0 Å². The van der Waals surface area contributed by atoms with E-state index in [9.17, 15) is 4.39 Å². The molecule has 0 amide bonds. The van der Waals surface area contributed by atoms with Gasteiger partial charge in [0.1, 0.15) is 11.7 Å². The van der Waals surface area contributed by atoms with Crippen LogP contribution < -0.4 is 5.32 Å². The topological polar surface area (TPSA) is 49.6 Å². The first-order chi connectivity index (χ1) is 13.5. The van der Waals surface area contributed by atoms with Crippen LogP contribution in [0, 0.1) is 5.82 Å². The standard InChI is InChI=1S/C21H19ClFIN4/c1-2-20(26-17-9-10-19(23)18(22)12-17)28-21(14-4-3-11-25-13-14)27-16-7-5-15(24)6-8-16/h3-5,7-13,15H,2,6H2,1H3,(H,26,27,28). The molecule has 3 rings (SSSR count). The molecule has 1 aliphatic rings. The molecule has 28 heavy (non-hydrogen) atoms. The SMILES string of the molecule is CC/C(=N\C(=N/C1=CCC(I)C=C1)c1cccnc1)Nc1ccc(F)c(Cl)c1. The van der Waals surface area contributed by atoms with Crippen LogP contribution in [-0.2, 0) is 0 Å². The van der Waals surface area contributed by atoms with E-state index in [1.807, 2.05) is 25.1 Å². The first kappa shape index (κ1) is 20.7. The Kier molecular flexibility index (Phi) is 7.33. The van der Waals surface area contributed by atoms with Crippen molar-refractivity contribution in [2.24, 2.45) is 9.98 Å². The Morgan fingerprint density at radius 1 is 1.39 bits per heavy atom. The molecule has 1 aromatic heterocycles. The van der Waals surface area contributed by atoms with Crippen molar-refractivity contribution in [3.8, 4) is 0 Å². The highest BCUT2D eigenvalue weighted by Crippen LogP contribution is 2.21. The Labute approximate surface area is 182 Å². The molecule has 4 nitrogen and oxygen atoms in total. The number of benzene rings is 1. The van der Waals surface area contributed by atoms with Gasteiger partial charge in [-0.25, -0.2) is 14.4 Å². The zero-order valence-electron chi connectivity index (χ0n) is 15.2. The lowest BCUT2D eigenvalue weighted by molar-refractivity contribution is 0.628. The van der Waals surface area contributed by atoms with Gasteiger partial charge in [0, 0.05) is 34.0 Å². The van der Waals surface area contributed by atoms with Gasteiger partial charge >= 0.3 is 0 Å². The van der Waals surface area contributed by atoms with Crippen LogP contribution in [-0.4, -0.2) is 20.6 Å². The van der Waals surface area contributed by atoms with Gasteiger partial charge in [-0.1, -0.05) is 53.3 Å². The number of amidine groups is 2. The van der Waals surface area contributed by atoms with Gasteiger partial charge < -0.3 is 5.32 Å². The van der Waals surface area contributed by atoms with E-state index in [4.69, 9.17) is 21.6 Å². The van der Waals surface area contributed by atoms with Crippen molar-refractivity contribution in [3.63, 3.8) is 0 Å². The van der Waals surface area contributed by atoms with E-state index in [0.29, 0.717) is 27.7 Å². The normalized spacial score (nSPS) is 17.4.